The summed E-state index contributed by atoms with van der Waals surface area (Å²) in [6, 6.07) is 0. The Bertz CT molecular complexity index is 693. The van der Waals surface area contributed by atoms with Gasteiger partial charge in [0.1, 0.15) is 0 Å². The van der Waals surface area contributed by atoms with E-state index in [0.717, 1.165) is 30.1 Å². The van der Waals surface area contributed by atoms with Crippen LogP contribution in [0.3, 0.4) is 0 Å². The van der Waals surface area contributed by atoms with E-state index in [1.54, 1.807) is 0 Å². The van der Waals surface area contributed by atoms with Gasteiger partial charge < -0.3 is 5.11 Å². The lowest BCUT2D eigenvalue weighted by Crippen LogP contribution is -2.61. The Balaban J connectivity index is 1.56. The van der Waals surface area contributed by atoms with Crippen molar-refractivity contribution in [3.63, 3.8) is 0 Å². The fraction of sp³-hybridized carbons (Fsp3) is 0.933. The highest BCUT2D eigenvalue weighted by molar-refractivity contribution is 5.16. The van der Waals surface area contributed by atoms with E-state index >= 15 is 0 Å². The molecule has 0 radical (unpaired) electrons. The Morgan fingerprint density at radius 2 is 1.58 bits per heavy atom. The third kappa shape index (κ3) is 3.41. The minimum absolute atomic E-state index is 0.0790. The second kappa shape index (κ2) is 7.89. The van der Waals surface area contributed by atoms with Crippen LogP contribution in [0.2, 0.25) is 0 Å². The average molecular weight is 429 g/mol. The molecule has 0 aromatic rings. The predicted octanol–water partition coefficient (Wildman–Crippen LogP) is 8.41. The molecule has 1 N–H and O–H groups in total. The summed E-state index contributed by atoms with van der Waals surface area (Å²) in [6.07, 6.45) is 14.6. The van der Waals surface area contributed by atoms with Gasteiger partial charge in [0.15, 0.2) is 0 Å². The molecular weight excluding hydrogens is 376 g/mol. The lowest BCUT2D eigenvalue weighted by atomic mass is 9.38. The van der Waals surface area contributed by atoms with Crippen molar-refractivity contribution in [2.75, 3.05) is 0 Å². The van der Waals surface area contributed by atoms with Crippen LogP contribution in [0.1, 0.15) is 119 Å². The summed E-state index contributed by atoms with van der Waals surface area (Å²) in [6.45, 7) is 21.7. The normalized spacial score (nSPS) is 49.6. The molecule has 0 aromatic heterocycles. The number of hydrogen-bond donors (Lipinski definition) is 1. The van der Waals surface area contributed by atoms with Gasteiger partial charge in [-0.05, 0) is 122 Å². The Morgan fingerprint density at radius 1 is 0.903 bits per heavy atom. The molecule has 0 bridgehead atoms. The molecule has 4 saturated carbocycles. The second-order valence-electron chi connectivity index (χ2n) is 14.1. The Hall–Kier alpha value is -0.300. The number of allylic oxidation sites excluding steroid dienone is 1. The maximum absolute atomic E-state index is 10.8. The van der Waals surface area contributed by atoms with Gasteiger partial charge in [0.25, 0.3) is 0 Å². The molecule has 1 heteroatoms. The number of hydrogen-bond acceptors (Lipinski definition) is 1. The zero-order valence-electron chi connectivity index (χ0n) is 21.9. The summed E-state index contributed by atoms with van der Waals surface area (Å²) in [5.41, 5.74) is 2.89. The summed E-state index contributed by atoms with van der Waals surface area (Å²) < 4.78 is 0. The van der Waals surface area contributed by atoms with Crippen LogP contribution in [0.15, 0.2) is 12.2 Å². The molecule has 4 fully saturated rings. The van der Waals surface area contributed by atoms with Crippen molar-refractivity contribution in [2.24, 2.45) is 51.2 Å². The summed E-state index contributed by atoms with van der Waals surface area (Å²) in [4.78, 5) is 0. The van der Waals surface area contributed by atoms with E-state index in [1.807, 2.05) is 0 Å². The van der Waals surface area contributed by atoms with E-state index < -0.39 is 0 Å². The highest BCUT2D eigenvalue weighted by atomic mass is 16.3. The monoisotopic (exact) mass is 428 g/mol. The van der Waals surface area contributed by atoms with Gasteiger partial charge in [-0.2, -0.15) is 0 Å². The third-order valence-corrected chi connectivity index (χ3v) is 12.4. The van der Waals surface area contributed by atoms with Crippen molar-refractivity contribution in [2.45, 2.75) is 125 Å². The molecule has 0 heterocycles. The van der Waals surface area contributed by atoms with Crippen LogP contribution in [-0.2, 0) is 0 Å². The van der Waals surface area contributed by atoms with Crippen LogP contribution in [0.4, 0.5) is 0 Å². The first-order valence-corrected chi connectivity index (χ1v) is 13.7. The molecule has 0 aromatic carbocycles. The van der Waals surface area contributed by atoms with E-state index in [2.05, 4.69) is 55.0 Å². The molecule has 9 unspecified atom stereocenters. The van der Waals surface area contributed by atoms with Crippen LogP contribution >= 0.6 is 0 Å². The van der Waals surface area contributed by atoms with Gasteiger partial charge in [0.2, 0.25) is 0 Å². The molecule has 4 aliphatic carbocycles. The first kappa shape index (κ1) is 23.8. The topological polar surface area (TPSA) is 20.2 Å². The largest absolute Gasteiger partial charge is 0.393 e. The van der Waals surface area contributed by atoms with Gasteiger partial charge in [-0.3, -0.25) is 0 Å². The molecule has 0 spiro atoms. The molecule has 178 valence electrons. The number of rotatable bonds is 5. The molecular formula is C30H52O. The minimum atomic E-state index is -0.109. The minimum Gasteiger partial charge on any atom is -0.393 e. The fourth-order valence-corrected chi connectivity index (χ4v) is 10.4. The van der Waals surface area contributed by atoms with Crippen LogP contribution in [-0.4, -0.2) is 11.2 Å². The van der Waals surface area contributed by atoms with Gasteiger partial charge in [0, 0.05) is 0 Å². The van der Waals surface area contributed by atoms with E-state index in [9.17, 15) is 5.11 Å². The van der Waals surface area contributed by atoms with Crippen LogP contribution < -0.4 is 0 Å². The van der Waals surface area contributed by atoms with Gasteiger partial charge >= 0.3 is 0 Å². The molecule has 0 amide bonds. The van der Waals surface area contributed by atoms with E-state index in [4.69, 9.17) is 0 Å². The van der Waals surface area contributed by atoms with E-state index in [-0.39, 0.29) is 11.5 Å². The van der Waals surface area contributed by atoms with Gasteiger partial charge in [-0.15, -0.1) is 6.58 Å². The summed E-state index contributed by atoms with van der Waals surface area (Å²) in [7, 11) is 0. The smallest absolute Gasteiger partial charge is 0.0594 e. The van der Waals surface area contributed by atoms with Gasteiger partial charge in [0.05, 0.1) is 6.10 Å². The second-order valence-corrected chi connectivity index (χ2v) is 14.1. The van der Waals surface area contributed by atoms with E-state index in [0.29, 0.717) is 22.2 Å². The predicted molar refractivity (Wildman–Crippen MR) is 133 cm³/mol. The first-order chi connectivity index (χ1) is 14.4. The molecule has 1 nitrogen and oxygen atoms in total. The Kier molecular flexibility index (Phi) is 6.07. The van der Waals surface area contributed by atoms with Crippen molar-refractivity contribution in [1.82, 2.24) is 0 Å². The maximum atomic E-state index is 10.8. The van der Waals surface area contributed by atoms with Crippen molar-refractivity contribution < 1.29 is 5.11 Å². The first-order valence-electron chi connectivity index (χ1n) is 13.7. The highest BCUT2D eigenvalue weighted by Crippen LogP contribution is 2.74. The molecule has 0 aliphatic heterocycles. The number of aliphatic hydroxyl groups is 1. The van der Waals surface area contributed by atoms with Crippen LogP contribution in [0.5, 0.6) is 0 Å². The Morgan fingerprint density at radius 3 is 2.26 bits per heavy atom. The van der Waals surface area contributed by atoms with Crippen molar-refractivity contribution in [3.05, 3.63) is 12.2 Å². The van der Waals surface area contributed by atoms with E-state index in [1.165, 1.54) is 69.8 Å². The lowest BCUT2D eigenvalue weighted by molar-refractivity contribution is -0.200. The van der Waals surface area contributed by atoms with Gasteiger partial charge in [-0.25, -0.2) is 0 Å². The average Bonchev–Trinajstić information content (AvgIpc) is 2.96. The van der Waals surface area contributed by atoms with Crippen LogP contribution in [0.25, 0.3) is 0 Å². The molecule has 4 aliphatic rings. The fourth-order valence-electron chi connectivity index (χ4n) is 10.4. The molecule has 9 atom stereocenters. The summed E-state index contributed by atoms with van der Waals surface area (Å²) in [5, 5.41) is 10.8. The third-order valence-electron chi connectivity index (χ3n) is 12.4. The zero-order chi connectivity index (χ0) is 22.8. The standard InChI is InChI=1S/C30H52O/c1-20(2)10-9-11-21(3)22-14-18-30(8)24-12-13-25-27(4,5)26(31)16-17-28(25,6)23(24)15-19-29(22,30)7/h21-26,31H,1,9-19H2,2-8H3. The number of aliphatic hydroxyl groups excluding tert-OH is 1. The SMILES string of the molecule is C=C(C)CCCC(C)C1CCC2(C)C3CCC4C(C)(C)C(O)CCC4(C)C3CCC12C. The summed E-state index contributed by atoms with van der Waals surface area (Å²) in [5.74, 6) is 4.20. The molecule has 0 saturated heterocycles. The lowest BCUT2D eigenvalue weighted by Gasteiger charge is -2.67. The Labute approximate surface area is 193 Å². The van der Waals surface area contributed by atoms with Crippen LogP contribution in [0, 0.1) is 51.2 Å². The maximum Gasteiger partial charge on any atom is 0.0594 e. The molecule has 4 rings (SSSR count). The van der Waals surface area contributed by atoms with Crippen molar-refractivity contribution >= 4 is 0 Å². The quantitative estimate of drug-likeness (QED) is 0.436. The van der Waals surface area contributed by atoms with Gasteiger partial charge in [-0.1, -0.05) is 53.5 Å². The number of fused-ring (bicyclic) bond motifs is 5. The molecule has 31 heavy (non-hydrogen) atoms. The highest BCUT2D eigenvalue weighted by Gasteiger charge is 2.67. The summed E-state index contributed by atoms with van der Waals surface area (Å²) >= 11 is 0. The zero-order valence-corrected chi connectivity index (χ0v) is 21.9. The van der Waals surface area contributed by atoms with Crippen molar-refractivity contribution in [1.29, 1.82) is 0 Å². The van der Waals surface area contributed by atoms with Crippen molar-refractivity contribution in [3.8, 4) is 0 Å².